The number of amides is 1. The van der Waals surface area contributed by atoms with E-state index in [2.05, 4.69) is 13.8 Å². The van der Waals surface area contributed by atoms with Crippen LogP contribution in [0.5, 0.6) is 0 Å². The summed E-state index contributed by atoms with van der Waals surface area (Å²) in [6.07, 6.45) is 2.27. The number of rotatable bonds is 5. The summed E-state index contributed by atoms with van der Waals surface area (Å²) in [7, 11) is -3.51. The van der Waals surface area contributed by atoms with E-state index in [1.54, 1.807) is 17.0 Å². The van der Waals surface area contributed by atoms with E-state index >= 15 is 0 Å². The van der Waals surface area contributed by atoms with Crippen molar-refractivity contribution in [3.05, 3.63) is 29.8 Å². The van der Waals surface area contributed by atoms with Gasteiger partial charge < -0.3 is 9.64 Å². The van der Waals surface area contributed by atoms with Crippen molar-refractivity contribution in [2.24, 2.45) is 5.92 Å². The van der Waals surface area contributed by atoms with Gasteiger partial charge in [-0.2, -0.15) is 4.31 Å². The summed E-state index contributed by atoms with van der Waals surface area (Å²) in [5.74, 6) is 0.532. The maximum absolute atomic E-state index is 12.9. The van der Waals surface area contributed by atoms with Crippen molar-refractivity contribution in [2.75, 3.05) is 32.8 Å². The molecule has 0 radical (unpaired) electrons. The average molecular weight is 381 g/mol. The fraction of sp³-hybridized carbons (Fsp3) is 0.632. The number of piperazine rings is 1. The molecule has 2 aliphatic rings. The van der Waals surface area contributed by atoms with E-state index < -0.39 is 10.0 Å². The third kappa shape index (κ3) is 4.27. The van der Waals surface area contributed by atoms with Crippen LogP contribution in [0.25, 0.3) is 0 Å². The third-order valence-corrected chi connectivity index (χ3v) is 6.87. The Hall–Kier alpha value is -1.44. The Labute approximate surface area is 156 Å². The summed E-state index contributed by atoms with van der Waals surface area (Å²) in [5.41, 5.74) is 1.14. The van der Waals surface area contributed by atoms with Crippen molar-refractivity contribution in [3.63, 3.8) is 0 Å². The standard InChI is InChI=1S/C19H28N2O4S/c1-15(2)14-16-5-7-17(8-6-16)26(23,24)21-11-9-20(10-12-21)19(22)18-4-3-13-25-18/h5-8,15,18H,3-4,9-14H2,1-2H3/t18-/m1/s1. The normalized spacial score (nSPS) is 22.1. The first-order valence-electron chi connectivity index (χ1n) is 9.37. The molecule has 0 N–H and O–H groups in total. The van der Waals surface area contributed by atoms with Crippen LogP contribution in [0.15, 0.2) is 29.2 Å². The van der Waals surface area contributed by atoms with Gasteiger partial charge >= 0.3 is 0 Å². The van der Waals surface area contributed by atoms with E-state index in [1.165, 1.54) is 4.31 Å². The van der Waals surface area contributed by atoms with Crippen LogP contribution in [0.1, 0.15) is 32.3 Å². The first-order valence-corrected chi connectivity index (χ1v) is 10.8. The molecule has 0 bridgehead atoms. The minimum atomic E-state index is -3.51. The molecular formula is C19H28N2O4S. The van der Waals surface area contributed by atoms with Gasteiger partial charge in [-0.25, -0.2) is 8.42 Å². The molecule has 1 aromatic carbocycles. The number of benzene rings is 1. The van der Waals surface area contributed by atoms with E-state index in [-0.39, 0.29) is 12.0 Å². The molecule has 0 spiro atoms. The molecule has 0 unspecified atom stereocenters. The molecular weight excluding hydrogens is 352 g/mol. The zero-order chi connectivity index (χ0) is 18.7. The van der Waals surface area contributed by atoms with Crippen LogP contribution in [-0.4, -0.2) is 62.4 Å². The maximum Gasteiger partial charge on any atom is 0.251 e. The molecule has 1 aromatic rings. The molecule has 0 aliphatic carbocycles. The molecule has 2 heterocycles. The van der Waals surface area contributed by atoms with Crippen molar-refractivity contribution in [1.82, 2.24) is 9.21 Å². The highest BCUT2D eigenvalue weighted by Crippen LogP contribution is 2.21. The molecule has 1 atom stereocenters. The van der Waals surface area contributed by atoms with Gasteiger partial charge in [0.25, 0.3) is 5.91 Å². The van der Waals surface area contributed by atoms with Crippen molar-refractivity contribution in [2.45, 2.75) is 44.1 Å². The number of sulfonamides is 1. The maximum atomic E-state index is 12.9. The Balaban J connectivity index is 1.61. The number of ether oxygens (including phenoxy) is 1. The Morgan fingerprint density at radius 3 is 2.35 bits per heavy atom. The van der Waals surface area contributed by atoms with Gasteiger partial charge in [0.15, 0.2) is 0 Å². The summed E-state index contributed by atoms with van der Waals surface area (Å²) in [6, 6.07) is 7.17. The van der Waals surface area contributed by atoms with Crippen LogP contribution >= 0.6 is 0 Å². The van der Waals surface area contributed by atoms with E-state index in [9.17, 15) is 13.2 Å². The first kappa shape index (κ1) is 19.3. The molecule has 3 rings (SSSR count). The van der Waals surface area contributed by atoms with Crippen molar-refractivity contribution in [1.29, 1.82) is 0 Å². The third-order valence-electron chi connectivity index (χ3n) is 4.96. The smallest absolute Gasteiger partial charge is 0.251 e. The molecule has 0 aromatic heterocycles. The predicted molar refractivity (Wildman–Crippen MR) is 99.3 cm³/mol. The molecule has 2 fully saturated rings. The molecule has 6 nitrogen and oxygen atoms in total. The van der Waals surface area contributed by atoms with Crippen molar-refractivity contribution >= 4 is 15.9 Å². The van der Waals surface area contributed by atoms with Crippen LogP contribution < -0.4 is 0 Å². The Morgan fingerprint density at radius 2 is 1.81 bits per heavy atom. The second-order valence-electron chi connectivity index (χ2n) is 7.47. The summed E-state index contributed by atoms with van der Waals surface area (Å²) in [5, 5.41) is 0. The quantitative estimate of drug-likeness (QED) is 0.782. The van der Waals surface area contributed by atoms with Crippen molar-refractivity contribution in [3.8, 4) is 0 Å². The zero-order valence-corrected chi connectivity index (χ0v) is 16.4. The monoisotopic (exact) mass is 380 g/mol. The molecule has 1 amide bonds. The summed E-state index contributed by atoms with van der Waals surface area (Å²) >= 11 is 0. The van der Waals surface area contributed by atoms with Gasteiger partial charge in [-0.15, -0.1) is 0 Å². The van der Waals surface area contributed by atoms with Gasteiger partial charge in [-0.1, -0.05) is 26.0 Å². The van der Waals surface area contributed by atoms with Crippen molar-refractivity contribution < 1.29 is 17.9 Å². The van der Waals surface area contributed by atoms with Gasteiger partial charge in [0.1, 0.15) is 6.10 Å². The second kappa shape index (κ2) is 8.06. The molecule has 2 aliphatic heterocycles. The van der Waals surface area contributed by atoms with Crippen LogP contribution in [0, 0.1) is 5.92 Å². The fourth-order valence-corrected chi connectivity index (χ4v) is 4.97. The van der Waals surface area contributed by atoms with E-state index in [0.29, 0.717) is 43.6 Å². The summed E-state index contributed by atoms with van der Waals surface area (Å²) in [4.78, 5) is 14.4. The average Bonchev–Trinajstić information content (AvgIpc) is 3.16. The lowest BCUT2D eigenvalue weighted by Gasteiger charge is -2.35. The topological polar surface area (TPSA) is 66.9 Å². The largest absolute Gasteiger partial charge is 0.368 e. The summed E-state index contributed by atoms with van der Waals surface area (Å²) < 4.78 is 32.6. The van der Waals surface area contributed by atoms with E-state index in [1.807, 2.05) is 12.1 Å². The van der Waals surface area contributed by atoms with Gasteiger partial charge in [0, 0.05) is 32.8 Å². The molecule has 26 heavy (non-hydrogen) atoms. The van der Waals surface area contributed by atoms with Crippen LogP contribution in [0.4, 0.5) is 0 Å². The number of carbonyl (C=O) groups excluding carboxylic acids is 1. The molecule has 2 saturated heterocycles. The van der Waals surface area contributed by atoms with Gasteiger partial charge in [0.05, 0.1) is 4.90 Å². The minimum Gasteiger partial charge on any atom is -0.368 e. The first-order chi connectivity index (χ1) is 12.4. The lowest BCUT2D eigenvalue weighted by Crippen LogP contribution is -2.52. The molecule has 0 saturated carbocycles. The number of carbonyl (C=O) groups is 1. The SMILES string of the molecule is CC(C)Cc1ccc(S(=O)(=O)N2CCN(C(=O)[C@H]3CCCO3)CC2)cc1. The lowest BCUT2D eigenvalue weighted by atomic mass is 10.0. The molecule has 144 valence electrons. The Bertz CT molecular complexity index is 716. The zero-order valence-electron chi connectivity index (χ0n) is 15.6. The Morgan fingerprint density at radius 1 is 1.15 bits per heavy atom. The fourth-order valence-electron chi connectivity index (χ4n) is 3.54. The van der Waals surface area contributed by atoms with E-state index in [0.717, 1.165) is 24.8 Å². The summed E-state index contributed by atoms with van der Waals surface area (Å²) in [6.45, 7) is 6.41. The number of nitrogens with zero attached hydrogens (tertiary/aromatic N) is 2. The van der Waals surface area contributed by atoms with E-state index in [4.69, 9.17) is 4.74 Å². The van der Waals surface area contributed by atoms with Crippen LogP contribution in [0.2, 0.25) is 0 Å². The van der Waals surface area contributed by atoms with Gasteiger partial charge in [-0.05, 0) is 42.9 Å². The van der Waals surface area contributed by atoms with Crippen LogP contribution in [-0.2, 0) is 26.0 Å². The highest BCUT2D eigenvalue weighted by atomic mass is 32.2. The predicted octanol–water partition coefficient (Wildman–Crippen LogP) is 1.90. The highest BCUT2D eigenvalue weighted by molar-refractivity contribution is 7.89. The Kier molecular flexibility index (Phi) is 5.99. The van der Waals surface area contributed by atoms with Gasteiger partial charge in [0.2, 0.25) is 10.0 Å². The minimum absolute atomic E-state index is 0.00223. The second-order valence-corrected chi connectivity index (χ2v) is 9.41. The van der Waals surface area contributed by atoms with Gasteiger partial charge in [-0.3, -0.25) is 4.79 Å². The number of hydrogen-bond acceptors (Lipinski definition) is 4. The molecule has 7 heteroatoms. The van der Waals surface area contributed by atoms with Crippen LogP contribution in [0.3, 0.4) is 0 Å². The number of hydrogen-bond donors (Lipinski definition) is 0. The highest BCUT2D eigenvalue weighted by Gasteiger charge is 2.33. The lowest BCUT2D eigenvalue weighted by molar-refractivity contribution is -0.142.